The Bertz CT molecular complexity index is 802. The van der Waals surface area contributed by atoms with Gasteiger partial charge in [0.2, 0.25) is 0 Å². The molecule has 0 saturated heterocycles. The van der Waals surface area contributed by atoms with Crippen molar-refractivity contribution in [2.75, 3.05) is 7.05 Å². The maximum Gasteiger partial charge on any atom is 0.341 e. The van der Waals surface area contributed by atoms with Crippen molar-refractivity contribution < 1.29 is 9.90 Å². The van der Waals surface area contributed by atoms with Crippen LogP contribution < -0.4 is 0 Å². The first-order valence-corrected chi connectivity index (χ1v) is 7.41. The molecule has 122 valence electrons. The van der Waals surface area contributed by atoms with E-state index in [4.69, 9.17) is 0 Å². The van der Waals surface area contributed by atoms with E-state index in [1.165, 1.54) is 10.7 Å². The quantitative estimate of drug-likeness (QED) is 0.859. The molecule has 0 amide bonds. The molecule has 2 rings (SSSR count). The number of hydrogen-bond donors (Lipinski definition) is 1. The van der Waals surface area contributed by atoms with Crippen molar-refractivity contribution in [3.63, 3.8) is 0 Å². The second kappa shape index (κ2) is 6.24. The lowest BCUT2D eigenvalue weighted by molar-refractivity contribution is 0.0699. The van der Waals surface area contributed by atoms with Crippen LogP contribution in [0.2, 0.25) is 0 Å². The first kappa shape index (κ1) is 16.7. The molecule has 0 saturated carbocycles. The third-order valence-electron chi connectivity index (χ3n) is 3.76. The number of carbonyl (C=O) groups is 1. The Kier molecular flexibility index (Phi) is 4.54. The van der Waals surface area contributed by atoms with Gasteiger partial charge in [0.1, 0.15) is 5.56 Å². The number of hydrogen-bond acceptors (Lipinski definition) is 4. The minimum atomic E-state index is -1.04. The van der Waals surface area contributed by atoms with Crippen LogP contribution in [0.15, 0.2) is 30.6 Å². The molecule has 6 heteroatoms. The van der Waals surface area contributed by atoms with Crippen molar-refractivity contribution in [1.29, 1.82) is 0 Å². The highest BCUT2D eigenvalue weighted by Crippen LogP contribution is 2.23. The zero-order valence-electron chi connectivity index (χ0n) is 14.2. The fraction of sp³-hybridized carbons (Fsp3) is 0.353. The summed E-state index contributed by atoms with van der Waals surface area (Å²) < 4.78 is 1.54. The number of rotatable bonds is 5. The van der Waals surface area contributed by atoms with Crippen LogP contribution in [0.25, 0.3) is 11.2 Å². The van der Waals surface area contributed by atoms with Gasteiger partial charge >= 0.3 is 5.97 Å². The molecule has 0 aliphatic heterocycles. The number of fused-ring (bicyclic) bond motifs is 1. The molecule has 23 heavy (non-hydrogen) atoms. The lowest BCUT2D eigenvalue weighted by Crippen LogP contribution is -2.20. The highest BCUT2D eigenvalue weighted by atomic mass is 16.4. The number of aryl methyl sites for hydroxylation is 1. The van der Waals surface area contributed by atoms with E-state index in [1.807, 2.05) is 33.2 Å². The molecule has 0 aromatic carbocycles. The topological polar surface area (TPSA) is 70.7 Å². The maximum atomic E-state index is 11.3. The second-order valence-corrected chi connectivity index (χ2v) is 5.96. The number of carboxylic acid groups (broad SMARTS) is 1. The van der Waals surface area contributed by atoms with Crippen molar-refractivity contribution in [1.82, 2.24) is 19.5 Å². The molecular weight excluding hydrogens is 292 g/mol. The predicted octanol–water partition coefficient (Wildman–Crippen LogP) is 2.99. The van der Waals surface area contributed by atoms with E-state index in [1.54, 1.807) is 0 Å². The Morgan fingerprint density at radius 1 is 1.48 bits per heavy atom. The summed E-state index contributed by atoms with van der Waals surface area (Å²) in [4.78, 5) is 17.9. The van der Waals surface area contributed by atoms with Gasteiger partial charge in [-0.3, -0.25) is 0 Å². The molecule has 0 spiro atoms. The Balaban J connectivity index is 2.67. The third-order valence-corrected chi connectivity index (χ3v) is 3.76. The summed E-state index contributed by atoms with van der Waals surface area (Å²) in [5.74, 6) is -1.04. The third kappa shape index (κ3) is 3.26. The Morgan fingerprint density at radius 2 is 2.13 bits per heavy atom. The van der Waals surface area contributed by atoms with Crippen LogP contribution in [0, 0.1) is 6.92 Å². The summed E-state index contributed by atoms with van der Waals surface area (Å²) in [5, 5.41) is 13.4. The van der Waals surface area contributed by atoms with Gasteiger partial charge in [0.15, 0.2) is 5.65 Å². The normalized spacial score (nSPS) is 12.0. The van der Waals surface area contributed by atoms with Crippen LogP contribution in [0.1, 0.15) is 42.5 Å². The number of allylic oxidation sites excluding steroid dienone is 2. The molecule has 1 N–H and O–H groups in total. The van der Waals surface area contributed by atoms with Crippen molar-refractivity contribution in [2.45, 2.75) is 33.7 Å². The minimum absolute atomic E-state index is 0.0910. The Hall–Kier alpha value is -2.63. The molecule has 0 aliphatic carbocycles. The zero-order valence-corrected chi connectivity index (χ0v) is 14.2. The fourth-order valence-electron chi connectivity index (χ4n) is 2.15. The van der Waals surface area contributed by atoms with Gasteiger partial charge in [-0.1, -0.05) is 6.58 Å². The number of aromatic carboxylic acids is 1. The van der Waals surface area contributed by atoms with Gasteiger partial charge in [-0.05, 0) is 39.3 Å². The van der Waals surface area contributed by atoms with E-state index in [2.05, 4.69) is 35.4 Å². The summed E-state index contributed by atoms with van der Waals surface area (Å²) in [5.41, 5.74) is 3.68. The summed E-state index contributed by atoms with van der Waals surface area (Å²) >= 11 is 0. The first-order chi connectivity index (χ1) is 10.7. The van der Waals surface area contributed by atoms with E-state index in [0.717, 1.165) is 16.8 Å². The highest BCUT2D eigenvalue weighted by molar-refractivity contribution is 5.94. The molecule has 6 nitrogen and oxygen atoms in total. The fourth-order valence-corrected chi connectivity index (χ4v) is 2.15. The summed E-state index contributed by atoms with van der Waals surface area (Å²) in [6.07, 6.45) is 3.31. The predicted molar refractivity (Wildman–Crippen MR) is 90.4 cm³/mol. The molecule has 0 bridgehead atoms. The monoisotopic (exact) mass is 314 g/mol. The van der Waals surface area contributed by atoms with E-state index in [0.29, 0.717) is 17.4 Å². The largest absolute Gasteiger partial charge is 0.477 e. The molecule has 2 heterocycles. The average Bonchev–Trinajstić information content (AvgIpc) is 2.88. The molecule has 2 aromatic heterocycles. The Morgan fingerprint density at radius 3 is 2.65 bits per heavy atom. The average molecular weight is 314 g/mol. The zero-order chi connectivity index (χ0) is 17.3. The van der Waals surface area contributed by atoms with Gasteiger partial charge in [0.25, 0.3) is 0 Å². The highest BCUT2D eigenvalue weighted by Gasteiger charge is 2.17. The van der Waals surface area contributed by atoms with Crippen molar-refractivity contribution in [2.24, 2.45) is 0 Å². The lowest BCUT2D eigenvalue weighted by Gasteiger charge is -2.21. The van der Waals surface area contributed by atoms with Gasteiger partial charge in [0.05, 0.1) is 11.9 Å². The van der Waals surface area contributed by atoms with Gasteiger partial charge in [0, 0.05) is 30.6 Å². The van der Waals surface area contributed by atoms with Crippen molar-refractivity contribution in [3.05, 3.63) is 47.6 Å². The Labute approximate surface area is 135 Å². The number of nitrogens with zero attached hydrogens (tertiary/aromatic N) is 4. The van der Waals surface area contributed by atoms with Crippen molar-refractivity contribution in [3.8, 4) is 0 Å². The van der Waals surface area contributed by atoms with Crippen LogP contribution in [0.4, 0.5) is 0 Å². The maximum absolute atomic E-state index is 11.3. The molecule has 2 aromatic rings. The van der Waals surface area contributed by atoms with E-state index >= 15 is 0 Å². The van der Waals surface area contributed by atoms with Crippen LogP contribution in [0.5, 0.6) is 0 Å². The molecule has 0 unspecified atom stereocenters. The first-order valence-electron chi connectivity index (χ1n) is 7.41. The lowest BCUT2D eigenvalue weighted by atomic mass is 10.1. The van der Waals surface area contributed by atoms with Crippen LogP contribution >= 0.6 is 0 Å². The number of carboxylic acids is 1. The molecule has 0 atom stereocenters. The van der Waals surface area contributed by atoms with Gasteiger partial charge in [-0.25, -0.2) is 14.3 Å². The van der Waals surface area contributed by atoms with Gasteiger partial charge in [-0.2, -0.15) is 5.10 Å². The van der Waals surface area contributed by atoms with Crippen molar-refractivity contribution >= 4 is 17.2 Å². The van der Waals surface area contributed by atoms with E-state index < -0.39 is 5.97 Å². The molecule has 0 radical (unpaired) electrons. The van der Waals surface area contributed by atoms with E-state index in [9.17, 15) is 9.90 Å². The summed E-state index contributed by atoms with van der Waals surface area (Å²) in [7, 11) is 1.99. The van der Waals surface area contributed by atoms with Crippen LogP contribution in [0.3, 0.4) is 0 Å². The van der Waals surface area contributed by atoms with Gasteiger partial charge < -0.3 is 10.0 Å². The van der Waals surface area contributed by atoms with Crippen LogP contribution in [-0.4, -0.2) is 43.7 Å². The summed E-state index contributed by atoms with van der Waals surface area (Å²) in [6.45, 7) is 12.0. The smallest absolute Gasteiger partial charge is 0.341 e. The second-order valence-electron chi connectivity index (χ2n) is 5.96. The molecule has 0 aliphatic rings. The van der Waals surface area contributed by atoms with E-state index in [-0.39, 0.29) is 5.56 Å². The minimum Gasteiger partial charge on any atom is -0.477 e. The molecular formula is C17H22N4O2. The summed E-state index contributed by atoms with van der Waals surface area (Å²) in [6, 6.07) is 2.22. The SMILES string of the molecule is C=C(C)/C(=C\N(C)C(C)C)c1cc(C)n2ncc(C(=O)O)c2n1. The van der Waals surface area contributed by atoms with Crippen LogP contribution in [-0.2, 0) is 0 Å². The number of aromatic nitrogens is 3. The molecule has 0 fully saturated rings. The van der Waals surface area contributed by atoms with Gasteiger partial charge in [-0.15, -0.1) is 0 Å². The standard InChI is InChI=1S/C17H22N4O2/c1-10(2)14(9-20(6)11(3)4)15-7-12(5)21-16(19-15)13(8-18-21)17(22)23/h7-9,11H,1H2,2-6H3,(H,22,23)/b14-9+.